The van der Waals surface area contributed by atoms with Crippen LogP contribution < -0.4 is 5.32 Å². The predicted octanol–water partition coefficient (Wildman–Crippen LogP) is 2.27. The Bertz CT molecular complexity index is 827. The summed E-state index contributed by atoms with van der Waals surface area (Å²) in [5, 5.41) is 7.47. The van der Waals surface area contributed by atoms with Crippen molar-refractivity contribution < 1.29 is 4.79 Å². The van der Waals surface area contributed by atoms with Crippen LogP contribution in [0.2, 0.25) is 0 Å². The van der Waals surface area contributed by atoms with Gasteiger partial charge in [-0.05, 0) is 19.4 Å². The molecule has 0 aliphatic rings. The molecule has 0 aliphatic carbocycles. The molecular formula is C18H19N5O. The first-order chi connectivity index (χ1) is 11.6. The van der Waals surface area contributed by atoms with Crippen molar-refractivity contribution in [2.45, 2.75) is 26.9 Å². The fourth-order valence-corrected chi connectivity index (χ4v) is 2.58. The molecule has 6 nitrogen and oxygen atoms in total. The molecule has 2 heterocycles. The van der Waals surface area contributed by atoms with E-state index < -0.39 is 0 Å². The summed E-state index contributed by atoms with van der Waals surface area (Å²) in [5.74, 6) is -0.238. The van der Waals surface area contributed by atoms with Crippen LogP contribution in [0.4, 0.5) is 0 Å². The highest BCUT2D eigenvalue weighted by Gasteiger charge is 2.14. The third kappa shape index (κ3) is 3.48. The van der Waals surface area contributed by atoms with Crippen molar-refractivity contribution in [1.82, 2.24) is 25.1 Å². The molecule has 0 saturated carbocycles. The highest BCUT2D eigenvalue weighted by atomic mass is 16.1. The van der Waals surface area contributed by atoms with E-state index in [1.807, 2.05) is 36.7 Å². The number of amides is 1. The van der Waals surface area contributed by atoms with Gasteiger partial charge in [0, 0.05) is 30.2 Å². The number of benzene rings is 1. The molecule has 6 heteroatoms. The molecule has 2 aromatic heterocycles. The number of rotatable bonds is 5. The monoisotopic (exact) mass is 321 g/mol. The first-order valence-corrected chi connectivity index (χ1v) is 7.76. The third-order valence-electron chi connectivity index (χ3n) is 3.93. The zero-order valence-corrected chi connectivity index (χ0v) is 13.7. The second-order valence-electron chi connectivity index (χ2n) is 5.57. The second kappa shape index (κ2) is 7.04. The van der Waals surface area contributed by atoms with Gasteiger partial charge in [0.15, 0.2) is 0 Å². The summed E-state index contributed by atoms with van der Waals surface area (Å²) in [6.07, 6.45) is 4.50. The standard InChI is InChI=1S/C18H19N5O/c1-13-16(10-21-18(24)17-11-19-8-9-20-17)14(2)23(22-13)12-15-6-4-3-5-7-15/h3-9,11H,10,12H2,1-2H3,(H,21,24). The van der Waals surface area contributed by atoms with Gasteiger partial charge in [0.25, 0.3) is 5.91 Å². The van der Waals surface area contributed by atoms with Gasteiger partial charge in [-0.25, -0.2) is 4.98 Å². The van der Waals surface area contributed by atoms with Crippen LogP contribution in [0.3, 0.4) is 0 Å². The van der Waals surface area contributed by atoms with Crippen LogP contribution in [0.25, 0.3) is 0 Å². The summed E-state index contributed by atoms with van der Waals surface area (Å²) in [6, 6.07) is 10.2. The molecule has 1 aromatic carbocycles. The SMILES string of the molecule is Cc1nn(Cc2ccccc2)c(C)c1CNC(=O)c1cnccn1. The zero-order chi connectivity index (χ0) is 16.9. The first-order valence-electron chi connectivity index (χ1n) is 7.76. The average Bonchev–Trinajstić information content (AvgIpc) is 2.88. The number of hydrogen-bond acceptors (Lipinski definition) is 4. The number of aromatic nitrogens is 4. The van der Waals surface area contributed by atoms with Crippen LogP contribution in [0.15, 0.2) is 48.9 Å². The average molecular weight is 321 g/mol. The maximum Gasteiger partial charge on any atom is 0.271 e. The molecule has 122 valence electrons. The predicted molar refractivity (Wildman–Crippen MR) is 90.4 cm³/mol. The van der Waals surface area contributed by atoms with E-state index in [4.69, 9.17) is 0 Å². The van der Waals surface area contributed by atoms with E-state index in [1.165, 1.54) is 18.0 Å². The van der Waals surface area contributed by atoms with Crippen LogP contribution in [0, 0.1) is 13.8 Å². The van der Waals surface area contributed by atoms with Crippen LogP contribution in [-0.2, 0) is 13.1 Å². The molecule has 0 aliphatic heterocycles. The van der Waals surface area contributed by atoms with Crippen molar-refractivity contribution in [3.05, 3.63) is 77.1 Å². The number of nitrogens with one attached hydrogen (secondary N) is 1. The third-order valence-corrected chi connectivity index (χ3v) is 3.93. The van der Waals surface area contributed by atoms with E-state index in [0.29, 0.717) is 18.8 Å². The van der Waals surface area contributed by atoms with Gasteiger partial charge >= 0.3 is 0 Å². The summed E-state index contributed by atoms with van der Waals surface area (Å²) in [5.41, 5.74) is 4.50. The van der Waals surface area contributed by atoms with Crippen molar-refractivity contribution in [1.29, 1.82) is 0 Å². The first kappa shape index (κ1) is 15.9. The molecule has 0 bridgehead atoms. The van der Waals surface area contributed by atoms with E-state index in [1.54, 1.807) is 6.20 Å². The molecule has 1 N–H and O–H groups in total. The van der Waals surface area contributed by atoms with Gasteiger partial charge < -0.3 is 5.32 Å². The number of hydrogen-bond donors (Lipinski definition) is 1. The quantitative estimate of drug-likeness (QED) is 0.782. The highest BCUT2D eigenvalue weighted by molar-refractivity contribution is 5.91. The van der Waals surface area contributed by atoms with Crippen LogP contribution >= 0.6 is 0 Å². The normalized spacial score (nSPS) is 10.6. The van der Waals surface area contributed by atoms with E-state index in [-0.39, 0.29) is 5.91 Å². The molecule has 0 atom stereocenters. The Morgan fingerprint density at radius 3 is 2.67 bits per heavy atom. The maximum absolute atomic E-state index is 12.1. The van der Waals surface area contributed by atoms with Crippen LogP contribution in [0.5, 0.6) is 0 Å². The number of carbonyl (C=O) groups is 1. The van der Waals surface area contributed by atoms with Crippen molar-refractivity contribution >= 4 is 5.91 Å². The fraction of sp³-hybridized carbons (Fsp3) is 0.222. The second-order valence-corrected chi connectivity index (χ2v) is 5.57. The van der Waals surface area contributed by atoms with Crippen molar-refractivity contribution in [2.24, 2.45) is 0 Å². The van der Waals surface area contributed by atoms with E-state index in [9.17, 15) is 4.79 Å². The molecule has 0 radical (unpaired) electrons. The van der Waals surface area contributed by atoms with Crippen molar-refractivity contribution in [2.75, 3.05) is 0 Å². The van der Waals surface area contributed by atoms with Crippen molar-refractivity contribution in [3.63, 3.8) is 0 Å². The van der Waals surface area contributed by atoms with Gasteiger partial charge in [0.2, 0.25) is 0 Å². The van der Waals surface area contributed by atoms with Crippen LogP contribution in [0.1, 0.15) is 33.0 Å². The van der Waals surface area contributed by atoms with Gasteiger partial charge in [0.05, 0.1) is 18.4 Å². The summed E-state index contributed by atoms with van der Waals surface area (Å²) in [7, 11) is 0. The molecule has 0 saturated heterocycles. The maximum atomic E-state index is 12.1. The number of nitrogens with zero attached hydrogens (tertiary/aromatic N) is 4. The summed E-state index contributed by atoms with van der Waals surface area (Å²) in [4.78, 5) is 20.0. The van der Waals surface area contributed by atoms with E-state index in [2.05, 4.69) is 32.5 Å². The van der Waals surface area contributed by atoms with Gasteiger partial charge in [0.1, 0.15) is 5.69 Å². The summed E-state index contributed by atoms with van der Waals surface area (Å²) < 4.78 is 1.97. The minimum Gasteiger partial charge on any atom is -0.346 e. The van der Waals surface area contributed by atoms with Gasteiger partial charge in [-0.15, -0.1) is 0 Å². The Kier molecular flexibility index (Phi) is 4.65. The topological polar surface area (TPSA) is 72.7 Å². The molecule has 0 fully saturated rings. The Hall–Kier alpha value is -3.02. The lowest BCUT2D eigenvalue weighted by atomic mass is 10.2. The van der Waals surface area contributed by atoms with E-state index in [0.717, 1.165) is 17.0 Å². The van der Waals surface area contributed by atoms with Crippen LogP contribution in [-0.4, -0.2) is 25.7 Å². The van der Waals surface area contributed by atoms with E-state index >= 15 is 0 Å². The van der Waals surface area contributed by atoms with Gasteiger partial charge in [-0.1, -0.05) is 30.3 Å². The lowest BCUT2D eigenvalue weighted by molar-refractivity contribution is 0.0945. The number of aryl methyl sites for hydroxylation is 1. The minimum atomic E-state index is -0.238. The Balaban J connectivity index is 1.71. The summed E-state index contributed by atoms with van der Waals surface area (Å²) in [6.45, 7) is 5.11. The Morgan fingerprint density at radius 1 is 1.17 bits per heavy atom. The molecule has 3 aromatic rings. The fourth-order valence-electron chi connectivity index (χ4n) is 2.58. The zero-order valence-electron chi connectivity index (χ0n) is 13.7. The van der Waals surface area contributed by atoms with Crippen molar-refractivity contribution in [3.8, 4) is 0 Å². The van der Waals surface area contributed by atoms with Gasteiger partial charge in [-0.3, -0.25) is 14.5 Å². The molecule has 0 unspecified atom stereocenters. The Morgan fingerprint density at radius 2 is 1.96 bits per heavy atom. The summed E-state index contributed by atoms with van der Waals surface area (Å²) >= 11 is 0. The largest absolute Gasteiger partial charge is 0.346 e. The molecule has 0 spiro atoms. The Labute approximate surface area is 140 Å². The molecular weight excluding hydrogens is 302 g/mol. The highest BCUT2D eigenvalue weighted by Crippen LogP contribution is 2.14. The molecule has 3 rings (SSSR count). The molecule has 1 amide bonds. The number of carbonyl (C=O) groups excluding carboxylic acids is 1. The molecule has 24 heavy (non-hydrogen) atoms. The lowest BCUT2D eigenvalue weighted by Crippen LogP contribution is -2.24. The minimum absolute atomic E-state index is 0.238. The lowest BCUT2D eigenvalue weighted by Gasteiger charge is -2.07. The smallest absolute Gasteiger partial charge is 0.271 e. The van der Waals surface area contributed by atoms with Gasteiger partial charge in [-0.2, -0.15) is 5.10 Å².